The lowest BCUT2D eigenvalue weighted by molar-refractivity contribution is 0.0939. The van der Waals surface area contributed by atoms with E-state index in [0.717, 1.165) is 30.0 Å². The van der Waals surface area contributed by atoms with Crippen molar-refractivity contribution in [3.05, 3.63) is 34.9 Å². The molecule has 0 spiro atoms. The van der Waals surface area contributed by atoms with E-state index in [9.17, 15) is 4.79 Å². The summed E-state index contributed by atoms with van der Waals surface area (Å²) in [4.78, 5) is 12.4. The predicted molar refractivity (Wildman–Crippen MR) is 81.2 cm³/mol. The van der Waals surface area contributed by atoms with Gasteiger partial charge in [0, 0.05) is 31.0 Å². The molecule has 0 radical (unpaired) electrons. The van der Waals surface area contributed by atoms with Crippen molar-refractivity contribution < 1.29 is 4.79 Å². The van der Waals surface area contributed by atoms with Crippen molar-refractivity contribution >= 4 is 5.91 Å². The van der Waals surface area contributed by atoms with Crippen molar-refractivity contribution in [1.82, 2.24) is 24.9 Å². The molecule has 6 nitrogen and oxygen atoms in total. The molecule has 0 bridgehead atoms. The molecule has 2 aromatic heterocycles. The zero-order valence-corrected chi connectivity index (χ0v) is 13.3. The fraction of sp³-hybridized carbons (Fsp3) is 0.533. The number of rotatable bonds is 5. The summed E-state index contributed by atoms with van der Waals surface area (Å²) < 4.78 is 3.66. The second-order valence-electron chi connectivity index (χ2n) is 5.20. The molecule has 0 aliphatic rings. The molecule has 0 aliphatic carbocycles. The Hall–Kier alpha value is -2.11. The maximum Gasteiger partial charge on any atom is 0.255 e. The third-order valence-electron chi connectivity index (χ3n) is 3.64. The maximum atomic E-state index is 12.4. The van der Waals surface area contributed by atoms with Crippen molar-refractivity contribution in [1.29, 1.82) is 0 Å². The lowest BCUT2D eigenvalue weighted by Crippen LogP contribution is -2.27. The van der Waals surface area contributed by atoms with E-state index in [0.29, 0.717) is 5.56 Å². The fourth-order valence-corrected chi connectivity index (χ4v) is 2.38. The van der Waals surface area contributed by atoms with Gasteiger partial charge in [-0.3, -0.25) is 14.2 Å². The van der Waals surface area contributed by atoms with E-state index in [1.807, 2.05) is 45.5 Å². The Morgan fingerprint density at radius 2 is 1.71 bits per heavy atom. The van der Waals surface area contributed by atoms with Gasteiger partial charge in [0.15, 0.2) is 0 Å². The molecule has 1 atom stereocenters. The quantitative estimate of drug-likeness (QED) is 0.918. The van der Waals surface area contributed by atoms with Crippen molar-refractivity contribution in [2.24, 2.45) is 0 Å². The van der Waals surface area contributed by atoms with Crippen LogP contribution in [0.3, 0.4) is 0 Å². The number of hydrogen-bond acceptors (Lipinski definition) is 3. The smallest absolute Gasteiger partial charge is 0.255 e. The minimum Gasteiger partial charge on any atom is -0.345 e. The molecular weight excluding hydrogens is 266 g/mol. The largest absolute Gasteiger partial charge is 0.345 e. The third kappa shape index (κ3) is 3.15. The first-order valence-corrected chi connectivity index (χ1v) is 7.35. The highest BCUT2D eigenvalue weighted by Crippen LogP contribution is 2.17. The molecular formula is C15H23N5O. The molecule has 6 heteroatoms. The topological polar surface area (TPSA) is 64.7 Å². The summed E-state index contributed by atoms with van der Waals surface area (Å²) >= 11 is 0. The molecule has 0 saturated carbocycles. The van der Waals surface area contributed by atoms with E-state index in [1.165, 1.54) is 0 Å². The van der Waals surface area contributed by atoms with Crippen LogP contribution >= 0.6 is 0 Å². The van der Waals surface area contributed by atoms with Gasteiger partial charge >= 0.3 is 0 Å². The first kappa shape index (κ1) is 15.3. The number of nitrogens with zero attached hydrogens (tertiary/aromatic N) is 4. The highest BCUT2D eigenvalue weighted by molar-refractivity contribution is 5.95. The van der Waals surface area contributed by atoms with Crippen LogP contribution in [0.15, 0.2) is 12.4 Å². The average Bonchev–Trinajstić information content (AvgIpc) is 3.01. The molecule has 2 aromatic rings. The third-order valence-corrected chi connectivity index (χ3v) is 3.64. The van der Waals surface area contributed by atoms with Gasteiger partial charge in [0.05, 0.1) is 23.0 Å². The molecule has 2 rings (SSSR count). The van der Waals surface area contributed by atoms with Crippen LogP contribution in [-0.2, 0) is 13.1 Å². The molecule has 114 valence electrons. The highest BCUT2D eigenvalue weighted by Gasteiger charge is 2.18. The predicted octanol–water partition coefficient (Wildman–Crippen LogP) is 2.23. The van der Waals surface area contributed by atoms with Crippen molar-refractivity contribution in [3.8, 4) is 0 Å². The first-order chi connectivity index (χ1) is 9.96. The number of carbonyl (C=O) groups excluding carboxylic acids is 1. The lowest BCUT2D eigenvalue weighted by atomic mass is 10.1. The number of aromatic nitrogens is 4. The summed E-state index contributed by atoms with van der Waals surface area (Å²) in [5.74, 6) is -0.0941. The number of carbonyl (C=O) groups is 1. The van der Waals surface area contributed by atoms with Crippen LogP contribution in [0, 0.1) is 13.8 Å². The van der Waals surface area contributed by atoms with Gasteiger partial charge < -0.3 is 5.32 Å². The minimum absolute atomic E-state index is 0.0813. The highest BCUT2D eigenvalue weighted by atomic mass is 16.1. The van der Waals surface area contributed by atoms with Gasteiger partial charge in [0.2, 0.25) is 0 Å². The van der Waals surface area contributed by atoms with Crippen LogP contribution in [0.25, 0.3) is 0 Å². The summed E-state index contributed by atoms with van der Waals surface area (Å²) in [5, 5.41) is 11.7. The number of nitrogens with one attached hydrogen (secondary N) is 1. The van der Waals surface area contributed by atoms with Gasteiger partial charge in [-0.1, -0.05) is 0 Å². The zero-order valence-electron chi connectivity index (χ0n) is 13.3. The fourth-order valence-electron chi connectivity index (χ4n) is 2.38. The van der Waals surface area contributed by atoms with Crippen molar-refractivity contribution in [3.63, 3.8) is 0 Å². The Labute approximate surface area is 125 Å². The second kappa shape index (κ2) is 6.11. The van der Waals surface area contributed by atoms with Gasteiger partial charge in [-0.2, -0.15) is 10.2 Å². The van der Waals surface area contributed by atoms with Gasteiger partial charge in [0.1, 0.15) is 0 Å². The molecule has 21 heavy (non-hydrogen) atoms. The van der Waals surface area contributed by atoms with E-state index < -0.39 is 0 Å². The van der Waals surface area contributed by atoms with Crippen LogP contribution in [0.4, 0.5) is 0 Å². The van der Waals surface area contributed by atoms with E-state index in [-0.39, 0.29) is 11.9 Å². The Kier molecular flexibility index (Phi) is 4.45. The van der Waals surface area contributed by atoms with E-state index >= 15 is 0 Å². The minimum atomic E-state index is -0.0941. The van der Waals surface area contributed by atoms with Crippen LogP contribution in [0.1, 0.15) is 54.1 Å². The molecule has 1 amide bonds. The Morgan fingerprint density at radius 1 is 1.14 bits per heavy atom. The van der Waals surface area contributed by atoms with Crippen LogP contribution < -0.4 is 5.32 Å². The number of amides is 1. The summed E-state index contributed by atoms with van der Waals surface area (Å²) in [7, 11) is 0. The normalized spacial score (nSPS) is 12.4. The summed E-state index contributed by atoms with van der Waals surface area (Å²) in [6.45, 7) is 11.4. The maximum absolute atomic E-state index is 12.4. The standard InChI is InChI=1S/C15H23N5O/c1-6-19-8-13(11(4)17-19)10(3)16-15(21)14-9-20(7-2)18-12(14)5/h8-10H,6-7H2,1-5H3,(H,16,21). The van der Waals surface area contributed by atoms with Crippen molar-refractivity contribution in [2.45, 2.75) is 53.8 Å². The van der Waals surface area contributed by atoms with Crippen LogP contribution in [-0.4, -0.2) is 25.5 Å². The number of aryl methyl sites for hydroxylation is 4. The molecule has 1 N–H and O–H groups in total. The van der Waals surface area contributed by atoms with Gasteiger partial charge in [-0.25, -0.2) is 0 Å². The summed E-state index contributed by atoms with van der Waals surface area (Å²) in [6, 6.07) is -0.0813. The molecule has 1 unspecified atom stereocenters. The summed E-state index contributed by atoms with van der Waals surface area (Å²) in [5.41, 5.74) is 3.38. The van der Waals surface area contributed by atoms with E-state index in [4.69, 9.17) is 0 Å². The molecule has 0 aliphatic heterocycles. The second-order valence-corrected chi connectivity index (χ2v) is 5.20. The van der Waals surface area contributed by atoms with Crippen molar-refractivity contribution in [2.75, 3.05) is 0 Å². The Balaban J connectivity index is 2.14. The van der Waals surface area contributed by atoms with Gasteiger partial charge in [-0.05, 0) is 34.6 Å². The molecule has 0 saturated heterocycles. The SMILES string of the molecule is CCn1cc(C(=O)NC(C)c2cn(CC)nc2C)c(C)n1. The molecule has 0 aromatic carbocycles. The molecule has 0 fully saturated rings. The van der Waals surface area contributed by atoms with Gasteiger partial charge in [0.25, 0.3) is 5.91 Å². The van der Waals surface area contributed by atoms with Gasteiger partial charge in [-0.15, -0.1) is 0 Å². The molecule has 2 heterocycles. The van der Waals surface area contributed by atoms with Crippen LogP contribution in [0.5, 0.6) is 0 Å². The first-order valence-electron chi connectivity index (χ1n) is 7.35. The number of hydrogen-bond donors (Lipinski definition) is 1. The van der Waals surface area contributed by atoms with E-state index in [2.05, 4.69) is 15.5 Å². The lowest BCUT2D eigenvalue weighted by Gasteiger charge is -2.12. The Bertz CT molecular complexity index is 641. The summed E-state index contributed by atoms with van der Waals surface area (Å²) in [6.07, 6.45) is 3.78. The van der Waals surface area contributed by atoms with E-state index in [1.54, 1.807) is 10.9 Å². The zero-order chi connectivity index (χ0) is 15.6. The van der Waals surface area contributed by atoms with Crippen LogP contribution in [0.2, 0.25) is 0 Å². The average molecular weight is 289 g/mol. The Morgan fingerprint density at radius 3 is 2.24 bits per heavy atom. The monoisotopic (exact) mass is 289 g/mol.